The van der Waals surface area contributed by atoms with Gasteiger partial charge in [0, 0.05) is 0 Å². The molecule has 0 radical (unpaired) electrons. The normalized spacial score (nSPS) is 11.1. The summed E-state index contributed by atoms with van der Waals surface area (Å²) in [7, 11) is 1.62. The minimum atomic E-state index is -0.113. The summed E-state index contributed by atoms with van der Waals surface area (Å²) >= 11 is 6.30. The van der Waals surface area contributed by atoms with Crippen molar-refractivity contribution in [3.8, 4) is 5.75 Å². The van der Waals surface area contributed by atoms with Crippen molar-refractivity contribution in [2.45, 2.75) is 13.5 Å². The molecule has 0 aliphatic carbocycles. The Hall–Kier alpha value is -2.16. The number of aromatic nitrogens is 1. The van der Waals surface area contributed by atoms with Crippen molar-refractivity contribution in [1.29, 1.82) is 0 Å². The maximum Gasteiger partial charge on any atom is 0.270 e. The molecule has 0 spiro atoms. The molecule has 5 nitrogen and oxygen atoms in total. The van der Waals surface area contributed by atoms with Crippen LogP contribution in [0.2, 0.25) is 0 Å². The minimum absolute atomic E-state index is 0.113. The fourth-order valence-corrected chi connectivity index (χ4v) is 5.11. The second-order valence-electron chi connectivity index (χ2n) is 5.83. The van der Waals surface area contributed by atoms with Crippen molar-refractivity contribution in [1.82, 2.24) is 4.98 Å². The number of furan rings is 1. The lowest BCUT2D eigenvalue weighted by atomic mass is 10.2. The molecule has 4 rings (SSSR count). The Morgan fingerprint density at radius 3 is 2.78 bits per heavy atom. The summed E-state index contributed by atoms with van der Waals surface area (Å²) in [5.74, 6) is 1.28. The zero-order valence-electron chi connectivity index (χ0n) is 14.6. The number of halogens is 1. The van der Waals surface area contributed by atoms with E-state index in [4.69, 9.17) is 14.1 Å². The summed E-state index contributed by atoms with van der Waals surface area (Å²) in [5, 5.41) is 0.614. The van der Waals surface area contributed by atoms with Crippen LogP contribution in [0.3, 0.4) is 0 Å². The molecular weight excluding hydrogens is 448 g/mol. The molecule has 0 unspecified atom stereocenters. The Bertz CT molecular complexity index is 1100. The maximum absolute atomic E-state index is 13.2. The summed E-state index contributed by atoms with van der Waals surface area (Å²) < 4.78 is 12.8. The van der Waals surface area contributed by atoms with Gasteiger partial charge in [-0.25, -0.2) is 4.98 Å². The largest absolute Gasteiger partial charge is 0.494 e. The summed E-state index contributed by atoms with van der Waals surface area (Å²) in [6.07, 6.45) is 1.60. The molecule has 1 aromatic carbocycles. The standard InChI is InChI=1S/C19H15BrN2O3S2/c1-11-5-6-13(24-2)16-17(11)27-19(21-16)22(10-12-4-3-9-25-12)18(23)14-7-8-15(20)26-14/h3-9H,10H2,1-2H3. The number of anilines is 1. The third-order valence-electron chi connectivity index (χ3n) is 4.07. The molecule has 1 amide bonds. The van der Waals surface area contributed by atoms with Gasteiger partial charge in [0.05, 0.1) is 33.3 Å². The molecule has 0 N–H and O–H groups in total. The summed E-state index contributed by atoms with van der Waals surface area (Å²) in [4.78, 5) is 20.2. The van der Waals surface area contributed by atoms with Crippen LogP contribution in [0, 0.1) is 6.92 Å². The number of hydrogen-bond donors (Lipinski definition) is 0. The zero-order chi connectivity index (χ0) is 19.0. The van der Waals surface area contributed by atoms with Crippen LogP contribution in [-0.4, -0.2) is 18.0 Å². The van der Waals surface area contributed by atoms with Gasteiger partial charge in [-0.3, -0.25) is 9.69 Å². The van der Waals surface area contributed by atoms with Gasteiger partial charge < -0.3 is 9.15 Å². The van der Waals surface area contributed by atoms with E-state index in [1.807, 2.05) is 43.3 Å². The van der Waals surface area contributed by atoms with E-state index >= 15 is 0 Å². The van der Waals surface area contributed by atoms with Gasteiger partial charge in [0.15, 0.2) is 5.13 Å². The van der Waals surface area contributed by atoms with Gasteiger partial charge in [-0.15, -0.1) is 11.3 Å². The number of hydrogen-bond acceptors (Lipinski definition) is 6. The van der Waals surface area contributed by atoms with E-state index < -0.39 is 0 Å². The minimum Gasteiger partial charge on any atom is -0.494 e. The molecule has 0 aliphatic rings. The van der Waals surface area contributed by atoms with Crippen molar-refractivity contribution < 1.29 is 13.9 Å². The number of rotatable bonds is 5. The third kappa shape index (κ3) is 3.52. The van der Waals surface area contributed by atoms with E-state index in [0.29, 0.717) is 28.1 Å². The van der Waals surface area contributed by atoms with Crippen LogP contribution in [0.25, 0.3) is 10.2 Å². The highest BCUT2D eigenvalue weighted by Gasteiger charge is 2.25. The summed E-state index contributed by atoms with van der Waals surface area (Å²) in [5.41, 5.74) is 1.86. The van der Waals surface area contributed by atoms with Crippen molar-refractivity contribution in [3.05, 3.63) is 62.6 Å². The number of nitrogens with zero attached hydrogens (tertiary/aromatic N) is 2. The number of thiazole rings is 1. The molecule has 27 heavy (non-hydrogen) atoms. The molecule has 4 aromatic rings. The van der Waals surface area contributed by atoms with Crippen molar-refractivity contribution in [2.24, 2.45) is 0 Å². The first-order valence-corrected chi connectivity index (χ1v) is 10.5. The highest BCUT2D eigenvalue weighted by Crippen LogP contribution is 2.38. The predicted octanol–water partition coefficient (Wildman–Crippen LogP) is 5.88. The number of ether oxygens (including phenoxy) is 1. The first-order valence-electron chi connectivity index (χ1n) is 8.10. The fraction of sp³-hybridized carbons (Fsp3) is 0.158. The SMILES string of the molecule is COc1ccc(C)c2sc(N(Cc3ccco3)C(=O)c3ccc(Br)s3)nc12. The molecule has 0 aliphatic heterocycles. The number of carbonyl (C=O) groups is 1. The molecule has 3 heterocycles. The smallest absolute Gasteiger partial charge is 0.270 e. The van der Waals surface area contributed by atoms with E-state index in [1.54, 1.807) is 18.3 Å². The van der Waals surface area contributed by atoms with Gasteiger partial charge in [0.1, 0.15) is 17.0 Å². The van der Waals surface area contributed by atoms with Gasteiger partial charge in [-0.05, 0) is 58.7 Å². The van der Waals surface area contributed by atoms with Crippen LogP contribution < -0.4 is 9.64 Å². The molecule has 138 valence electrons. The van der Waals surface area contributed by atoms with Crippen molar-refractivity contribution in [2.75, 3.05) is 12.0 Å². The molecular formula is C19H15BrN2O3S2. The Morgan fingerprint density at radius 2 is 2.11 bits per heavy atom. The molecule has 8 heteroatoms. The number of aryl methyl sites for hydroxylation is 1. The quantitative estimate of drug-likeness (QED) is 0.371. The molecule has 0 fully saturated rings. The van der Waals surface area contributed by atoms with Gasteiger partial charge >= 0.3 is 0 Å². The van der Waals surface area contributed by atoms with Crippen LogP contribution in [0.5, 0.6) is 5.75 Å². The monoisotopic (exact) mass is 462 g/mol. The number of amides is 1. The lowest BCUT2D eigenvalue weighted by Gasteiger charge is -2.17. The summed E-state index contributed by atoms with van der Waals surface area (Å²) in [6.45, 7) is 2.33. The van der Waals surface area contributed by atoms with E-state index in [-0.39, 0.29) is 5.91 Å². The van der Waals surface area contributed by atoms with Crippen LogP contribution in [-0.2, 0) is 6.54 Å². The topological polar surface area (TPSA) is 55.6 Å². The van der Waals surface area contributed by atoms with Crippen molar-refractivity contribution in [3.63, 3.8) is 0 Å². The Kier molecular flexibility index (Phi) is 5.03. The van der Waals surface area contributed by atoms with Gasteiger partial charge in [0.25, 0.3) is 5.91 Å². The number of benzene rings is 1. The number of fused-ring (bicyclic) bond motifs is 1. The molecule has 0 atom stereocenters. The Labute approximate surface area is 172 Å². The number of carbonyl (C=O) groups excluding carboxylic acids is 1. The van der Waals surface area contributed by atoms with E-state index in [0.717, 1.165) is 19.6 Å². The predicted molar refractivity (Wildman–Crippen MR) is 112 cm³/mol. The van der Waals surface area contributed by atoms with Gasteiger partial charge in [-0.1, -0.05) is 17.4 Å². The third-order valence-corrected chi connectivity index (χ3v) is 6.89. The number of thiophene rings is 1. The molecule has 0 saturated heterocycles. The maximum atomic E-state index is 13.2. The van der Waals surface area contributed by atoms with Crippen LogP contribution in [0.1, 0.15) is 21.0 Å². The Balaban J connectivity index is 1.81. The van der Waals surface area contributed by atoms with Gasteiger partial charge in [0.2, 0.25) is 0 Å². The molecule has 3 aromatic heterocycles. The van der Waals surface area contributed by atoms with E-state index in [1.165, 1.54) is 22.7 Å². The lowest BCUT2D eigenvalue weighted by Crippen LogP contribution is -2.29. The van der Waals surface area contributed by atoms with E-state index in [9.17, 15) is 4.79 Å². The van der Waals surface area contributed by atoms with Crippen LogP contribution >= 0.6 is 38.6 Å². The second-order valence-corrected chi connectivity index (χ2v) is 9.27. The lowest BCUT2D eigenvalue weighted by molar-refractivity contribution is 0.0987. The zero-order valence-corrected chi connectivity index (χ0v) is 17.8. The van der Waals surface area contributed by atoms with Crippen LogP contribution in [0.4, 0.5) is 5.13 Å². The molecule has 0 saturated carbocycles. The summed E-state index contributed by atoms with van der Waals surface area (Å²) in [6, 6.07) is 11.2. The first-order chi connectivity index (χ1) is 13.1. The first kappa shape index (κ1) is 18.2. The van der Waals surface area contributed by atoms with Crippen molar-refractivity contribution >= 4 is 59.9 Å². The average molecular weight is 463 g/mol. The highest BCUT2D eigenvalue weighted by atomic mass is 79.9. The molecule has 0 bridgehead atoms. The van der Waals surface area contributed by atoms with Crippen LogP contribution in [0.15, 0.2) is 50.9 Å². The fourth-order valence-electron chi connectivity index (χ4n) is 2.73. The Morgan fingerprint density at radius 1 is 1.26 bits per heavy atom. The number of methoxy groups -OCH3 is 1. The second kappa shape index (κ2) is 7.46. The van der Waals surface area contributed by atoms with E-state index in [2.05, 4.69) is 15.9 Å². The average Bonchev–Trinajstić information content (AvgIpc) is 3.40. The van der Waals surface area contributed by atoms with Gasteiger partial charge in [-0.2, -0.15) is 0 Å². The highest BCUT2D eigenvalue weighted by molar-refractivity contribution is 9.11.